The third-order valence-corrected chi connectivity index (χ3v) is 2.84. The predicted octanol–water partition coefficient (Wildman–Crippen LogP) is 1.41. The van der Waals surface area contributed by atoms with Crippen LogP contribution in [0.4, 0.5) is 4.39 Å². The second-order valence-electron chi connectivity index (χ2n) is 2.98. The van der Waals surface area contributed by atoms with Gasteiger partial charge in [-0.3, -0.25) is 0 Å². The average molecular weight is 216 g/mol. The van der Waals surface area contributed by atoms with E-state index >= 15 is 0 Å². The van der Waals surface area contributed by atoms with E-state index in [1.165, 1.54) is 23.9 Å². The van der Waals surface area contributed by atoms with Crippen molar-refractivity contribution in [2.45, 2.75) is 11.9 Å². The van der Waals surface area contributed by atoms with E-state index in [0.717, 1.165) is 5.56 Å². The second-order valence-corrected chi connectivity index (χ2v) is 4.01. The van der Waals surface area contributed by atoms with Gasteiger partial charge >= 0.3 is 0 Å². The van der Waals surface area contributed by atoms with E-state index < -0.39 is 6.10 Å². The fourth-order valence-corrected chi connectivity index (χ4v) is 1.90. The van der Waals surface area contributed by atoms with Crippen molar-refractivity contribution in [3.63, 3.8) is 0 Å². The molecule has 0 bridgehead atoms. The first kappa shape index (κ1) is 11.5. The second kappa shape index (κ2) is 6.01. The van der Waals surface area contributed by atoms with Crippen LogP contribution in [0.3, 0.4) is 0 Å². The summed E-state index contributed by atoms with van der Waals surface area (Å²) >= 11 is 1.47. The minimum Gasteiger partial charge on any atom is -0.394 e. The Kier molecular flexibility index (Phi) is 4.93. The molecule has 0 heterocycles. The zero-order valence-corrected chi connectivity index (χ0v) is 8.51. The van der Waals surface area contributed by atoms with Crippen molar-refractivity contribution >= 4 is 11.8 Å². The van der Waals surface area contributed by atoms with Crippen LogP contribution in [-0.2, 0) is 5.75 Å². The van der Waals surface area contributed by atoms with Crippen molar-refractivity contribution in [2.75, 3.05) is 12.4 Å². The zero-order chi connectivity index (χ0) is 10.4. The Bertz CT molecular complexity index is 281. The highest BCUT2D eigenvalue weighted by Gasteiger charge is 2.02. The summed E-state index contributed by atoms with van der Waals surface area (Å²) < 4.78 is 12.7. The van der Waals surface area contributed by atoms with Crippen molar-refractivity contribution in [3.8, 4) is 0 Å². The largest absolute Gasteiger partial charge is 0.394 e. The van der Waals surface area contributed by atoms with E-state index in [1.807, 2.05) is 6.07 Å². The molecule has 0 aromatic heterocycles. The monoisotopic (exact) mass is 216 g/mol. The summed E-state index contributed by atoms with van der Waals surface area (Å²) in [7, 11) is 0. The molecule has 0 saturated heterocycles. The van der Waals surface area contributed by atoms with Gasteiger partial charge in [-0.05, 0) is 17.7 Å². The maximum absolute atomic E-state index is 12.7. The van der Waals surface area contributed by atoms with Crippen molar-refractivity contribution in [1.29, 1.82) is 0 Å². The summed E-state index contributed by atoms with van der Waals surface area (Å²) in [4.78, 5) is 0. The van der Waals surface area contributed by atoms with E-state index in [2.05, 4.69) is 0 Å². The number of thioether (sulfide) groups is 1. The summed E-state index contributed by atoms with van der Waals surface area (Å²) in [5, 5.41) is 17.6. The van der Waals surface area contributed by atoms with Crippen LogP contribution >= 0.6 is 11.8 Å². The van der Waals surface area contributed by atoms with E-state index in [-0.39, 0.29) is 12.4 Å². The minimum atomic E-state index is -0.687. The fourth-order valence-electron chi connectivity index (χ4n) is 0.992. The summed E-state index contributed by atoms with van der Waals surface area (Å²) in [5.41, 5.74) is 0.889. The van der Waals surface area contributed by atoms with Crippen molar-refractivity contribution in [2.24, 2.45) is 0 Å². The van der Waals surface area contributed by atoms with E-state index in [9.17, 15) is 4.39 Å². The van der Waals surface area contributed by atoms with Gasteiger partial charge in [-0.1, -0.05) is 12.1 Å². The number of aliphatic hydroxyl groups is 2. The summed E-state index contributed by atoms with van der Waals surface area (Å²) in [6, 6.07) is 6.37. The Labute approximate surface area is 86.8 Å². The first-order valence-electron chi connectivity index (χ1n) is 4.33. The van der Waals surface area contributed by atoms with Gasteiger partial charge in [0.1, 0.15) is 5.82 Å². The highest BCUT2D eigenvalue weighted by Crippen LogP contribution is 2.13. The van der Waals surface area contributed by atoms with Crippen molar-refractivity contribution < 1.29 is 14.6 Å². The van der Waals surface area contributed by atoms with E-state index in [1.54, 1.807) is 6.07 Å². The van der Waals surface area contributed by atoms with Crippen molar-refractivity contribution in [3.05, 3.63) is 35.6 Å². The zero-order valence-electron chi connectivity index (χ0n) is 7.69. The molecular formula is C10H13FO2S. The van der Waals surface area contributed by atoms with Crippen LogP contribution in [0, 0.1) is 5.82 Å². The van der Waals surface area contributed by atoms with Gasteiger partial charge < -0.3 is 10.2 Å². The molecule has 1 rings (SSSR count). The normalized spacial score (nSPS) is 12.8. The van der Waals surface area contributed by atoms with E-state index in [0.29, 0.717) is 11.5 Å². The average Bonchev–Trinajstić information content (AvgIpc) is 2.17. The quantitative estimate of drug-likeness (QED) is 0.782. The molecule has 1 aromatic rings. The van der Waals surface area contributed by atoms with Gasteiger partial charge in [0.25, 0.3) is 0 Å². The molecule has 0 radical (unpaired) electrons. The van der Waals surface area contributed by atoms with Crippen molar-refractivity contribution in [1.82, 2.24) is 0 Å². The first-order chi connectivity index (χ1) is 6.72. The molecular weight excluding hydrogens is 203 g/mol. The number of hydrogen-bond donors (Lipinski definition) is 2. The van der Waals surface area contributed by atoms with Crippen LogP contribution < -0.4 is 0 Å². The van der Waals surface area contributed by atoms with Gasteiger partial charge in [-0.2, -0.15) is 11.8 Å². The molecule has 1 aromatic carbocycles. The van der Waals surface area contributed by atoms with Crippen LogP contribution in [0.15, 0.2) is 24.3 Å². The lowest BCUT2D eigenvalue weighted by molar-refractivity contribution is 0.113. The molecule has 0 unspecified atom stereocenters. The van der Waals surface area contributed by atoms with Crippen LogP contribution in [-0.4, -0.2) is 28.7 Å². The number of hydrogen-bond acceptors (Lipinski definition) is 3. The number of benzene rings is 1. The molecule has 0 fully saturated rings. The highest BCUT2D eigenvalue weighted by atomic mass is 32.2. The summed E-state index contributed by atoms with van der Waals surface area (Å²) in [5.74, 6) is 0.868. The van der Waals surface area contributed by atoms with Crippen LogP contribution in [0.5, 0.6) is 0 Å². The van der Waals surface area contributed by atoms with Gasteiger partial charge in [-0.25, -0.2) is 4.39 Å². The fraction of sp³-hybridized carbons (Fsp3) is 0.400. The lowest BCUT2D eigenvalue weighted by Crippen LogP contribution is -2.14. The minimum absolute atomic E-state index is 0.226. The Hall–Kier alpha value is -0.580. The first-order valence-corrected chi connectivity index (χ1v) is 5.49. The van der Waals surface area contributed by atoms with Gasteiger partial charge in [0.05, 0.1) is 12.7 Å². The molecule has 2 nitrogen and oxygen atoms in total. The standard InChI is InChI=1S/C10H13FO2S/c11-9-3-1-2-8(4-9)6-14-7-10(13)5-12/h1-4,10,12-13H,5-7H2/t10-/m0/s1. The molecule has 0 aliphatic rings. The molecule has 14 heavy (non-hydrogen) atoms. The topological polar surface area (TPSA) is 40.5 Å². The van der Waals surface area contributed by atoms with Gasteiger partial charge in [0.2, 0.25) is 0 Å². The SMILES string of the molecule is OC[C@H](O)CSCc1cccc(F)c1. The van der Waals surface area contributed by atoms with Crippen LogP contribution in [0.1, 0.15) is 5.56 Å². The van der Waals surface area contributed by atoms with E-state index in [4.69, 9.17) is 10.2 Å². The highest BCUT2D eigenvalue weighted by molar-refractivity contribution is 7.98. The third-order valence-electron chi connectivity index (χ3n) is 1.68. The van der Waals surface area contributed by atoms with Gasteiger partial charge in [-0.15, -0.1) is 0 Å². The van der Waals surface area contributed by atoms with Gasteiger partial charge in [0.15, 0.2) is 0 Å². The molecule has 4 heteroatoms. The molecule has 1 atom stereocenters. The van der Waals surface area contributed by atoms with Crippen LogP contribution in [0.2, 0.25) is 0 Å². The predicted molar refractivity (Wildman–Crippen MR) is 55.7 cm³/mol. The molecule has 0 spiro atoms. The Morgan fingerprint density at radius 1 is 1.43 bits per heavy atom. The molecule has 0 aliphatic carbocycles. The summed E-state index contributed by atoms with van der Waals surface area (Å²) in [6.07, 6.45) is -0.687. The third kappa shape index (κ3) is 4.09. The Morgan fingerprint density at radius 3 is 2.86 bits per heavy atom. The number of aliphatic hydroxyl groups excluding tert-OH is 2. The Morgan fingerprint density at radius 2 is 2.21 bits per heavy atom. The van der Waals surface area contributed by atoms with Crippen LogP contribution in [0.25, 0.3) is 0 Å². The molecule has 0 aliphatic heterocycles. The Balaban J connectivity index is 2.31. The summed E-state index contributed by atoms with van der Waals surface area (Å²) in [6.45, 7) is -0.226. The smallest absolute Gasteiger partial charge is 0.123 e. The maximum atomic E-state index is 12.7. The number of halogens is 1. The number of rotatable bonds is 5. The maximum Gasteiger partial charge on any atom is 0.123 e. The lowest BCUT2D eigenvalue weighted by atomic mass is 10.2. The molecule has 2 N–H and O–H groups in total. The lowest BCUT2D eigenvalue weighted by Gasteiger charge is -2.06. The molecule has 0 amide bonds. The van der Waals surface area contributed by atoms with Gasteiger partial charge in [0, 0.05) is 11.5 Å². The molecule has 78 valence electrons. The molecule has 0 saturated carbocycles.